The standard InChI is InChI=1S/C26H18N2O2/c27-21-14-15-22(24-23(21)25(29)19-8-4-5-9-20(19)26(24)30)28-18-12-10-17(11-13-18)16-6-2-1-3-7-16/h1-15,28H,27H2. The molecule has 144 valence electrons. The lowest BCUT2D eigenvalue weighted by Crippen LogP contribution is -2.23. The zero-order valence-electron chi connectivity index (χ0n) is 16.1. The van der Waals surface area contributed by atoms with Gasteiger partial charge in [-0.2, -0.15) is 0 Å². The quantitative estimate of drug-likeness (QED) is 0.402. The average molecular weight is 390 g/mol. The molecule has 30 heavy (non-hydrogen) atoms. The molecule has 0 unspecified atom stereocenters. The lowest BCUT2D eigenvalue weighted by Gasteiger charge is -2.22. The molecule has 3 N–H and O–H groups in total. The molecule has 0 bridgehead atoms. The van der Waals surface area contributed by atoms with Crippen LogP contribution >= 0.6 is 0 Å². The maximum atomic E-state index is 13.2. The van der Waals surface area contributed by atoms with Gasteiger partial charge < -0.3 is 11.1 Å². The number of rotatable bonds is 3. The van der Waals surface area contributed by atoms with Crippen molar-refractivity contribution in [3.63, 3.8) is 0 Å². The number of nitrogens with one attached hydrogen (secondary N) is 1. The summed E-state index contributed by atoms with van der Waals surface area (Å²) in [5, 5.41) is 3.29. The Balaban J connectivity index is 1.54. The van der Waals surface area contributed by atoms with Crippen molar-refractivity contribution in [1.29, 1.82) is 0 Å². The highest BCUT2D eigenvalue weighted by atomic mass is 16.1. The minimum absolute atomic E-state index is 0.198. The van der Waals surface area contributed by atoms with Gasteiger partial charge in [0.15, 0.2) is 11.6 Å². The number of ketones is 2. The van der Waals surface area contributed by atoms with Crippen LogP contribution in [0.25, 0.3) is 11.1 Å². The van der Waals surface area contributed by atoms with Crippen LogP contribution in [0.15, 0.2) is 91.0 Å². The predicted octanol–water partition coefficient (Wildman–Crippen LogP) is 5.45. The topological polar surface area (TPSA) is 72.2 Å². The second-order valence-corrected chi connectivity index (χ2v) is 7.22. The molecule has 0 heterocycles. The number of hydrogen-bond donors (Lipinski definition) is 2. The first-order valence-corrected chi connectivity index (χ1v) is 9.67. The molecule has 1 aliphatic rings. The second-order valence-electron chi connectivity index (χ2n) is 7.22. The Morgan fingerprint density at radius 2 is 1.13 bits per heavy atom. The number of nitrogen functional groups attached to an aromatic ring is 1. The van der Waals surface area contributed by atoms with E-state index in [9.17, 15) is 9.59 Å². The van der Waals surface area contributed by atoms with Crippen LogP contribution in [0.2, 0.25) is 0 Å². The normalized spacial score (nSPS) is 12.3. The van der Waals surface area contributed by atoms with Crippen LogP contribution < -0.4 is 11.1 Å². The molecule has 0 spiro atoms. The fourth-order valence-corrected chi connectivity index (χ4v) is 3.88. The molecule has 0 aromatic heterocycles. The minimum Gasteiger partial charge on any atom is -0.398 e. The Kier molecular flexibility index (Phi) is 4.18. The summed E-state index contributed by atoms with van der Waals surface area (Å²) in [5.74, 6) is -0.420. The third kappa shape index (κ3) is 2.86. The number of anilines is 3. The van der Waals surface area contributed by atoms with Gasteiger partial charge in [-0.25, -0.2) is 0 Å². The van der Waals surface area contributed by atoms with Crippen molar-refractivity contribution in [3.05, 3.63) is 113 Å². The molecule has 0 fully saturated rings. The van der Waals surface area contributed by atoms with E-state index in [2.05, 4.69) is 17.4 Å². The van der Waals surface area contributed by atoms with Crippen LogP contribution in [0.4, 0.5) is 17.1 Å². The highest BCUT2D eigenvalue weighted by Gasteiger charge is 2.33. The van der Waals surface area contributed by atoms with Crippen molar-refractivity contribution in [2.24, 2.45) is 0 Å². The molecule has 0 saturated carbocycles. The maximum Gasteiger partial charge on any atom is 0.196 e. The van der Waals surface area contributed by atoms with E-state index < -0.39 is 0 Å². The van der Waals surface area contributed by atoms with E-state index >= 15 is 0 Å². The van der Waals surface area contributed by atoms with Gasteiger partial charge in [-0.05, 0) is 35.4 Å². The molecule has 0 atom stereocenters. The molecule has 0 aliphatic heterocycles. The maximum absolute atomic E-state index is 13.2. The largest absolute Gasteiger partial charge is 0.398 e. The Morgan fingerprint density at radius 1 is 0.567 bits per heavy atom. The van der Waals surface area contributed by atoms with E-state index in [1.807, 2.05) is 42.5 Å². The van der Waals surface area contributed by atoms with Gasteiger partial charge in [-0.3, -0.25) is 9.59 Å². The van der Waals surface area contributed by atoms with Gasteiger partial charge in [0.25, 0.3) is 0 Å². The van der Waals surface area contributed by atoms with E-state index in [1.165, 1.54) is 0 Å². The summed E-state index contributed by atoms with van der Waals surface area (Å²) >= 11 is 0. The van der Waals surface area contributed by atoms with Gasteiger partial charge in [-0.15, -0.1) is 0 Å². The highest BCUT2D eigenvalue weighted by molar-refractivity contribution is 6.31. The minimum atomic E-state index is -0.222. The summed E-state index contributed by atoms with van der Waals surface area (Å²) in [7, 11) is 0. The molecular weight excluding hydrogens is 372 g/mol. The first-order valence-electron chi connectivity index (χ1n) is 9.67. The number of benzene rings is 4. The highest BCUT2D eigenvalue weighted by Crippen LogP contribution is 2.36. The molecule has 0 radical (unpaired) electrons. The molecule has 4 aromatic carbocycles. The number of fused-ring (bicyclic) bond motifs is 2. The molecule has 5 rings (SSSR count). The van der Waals surface area contributed by atoms with E-state index in [4.69, 9.17) is 5.73 Å². The average Bonchev–Trinajstić information content (AvgIpc) is 2.79. The zero-order valence-corrected chi connectivity index (χ0v) is 16.1. The summed E-state index contributed by atoms with van der Waals surface area (Å²) in [4.78, 5) is 26.2. The summed E-state index contributed by atoms with van der Waals surface area (Å²) in [6.45, 7) is 0. The molecule has 0 saturated heterocycles. The fourth-order valence-electron chi connectivity index (χ4n) is 3.88. The van der Waals surface area contributed by atoms with Crippen LogP contribution in [0.3, 0.4) is 0 Å². The number of carbonyl (C=O) groups excluding carboxylic acids is 2. The summed E-state index contributed by atoms with van der Waals surface area (Å²) < 4.78 is 0. The lowest BCUT2D eigenvalue weighted by molar-refractivity contribution is 0.0980. The molecule has 4 aromatic rings. The van der Waals surface area contributed by atoms with Crippen molar-refractivity contribution in [1.82, 2.24) is 0 Å². The number of carbonyl (C=O) groups is 2. The van der Waals surface area contributed by atoms with Gasteiger partial charge in [0.05, 0.1) is 16.8 Å². The first kappa shape index (κ1) is 17.9. The van der Waals surface area contributed by atoms with Crippen LogP contribution in [0.5, 0.6) is 0 Å². The number of nitrogens with two attached hydrogens (primary N) is 1. The van der Waals surface area contributed by atoms with Crippen molar-refractivity contribution in [3.8, 4) is 11.1 Å². The van der Waals surface area contributed by atoms with Gasteiger partial charge in [-0.1, -0.05) is 66.7 Å². The van der Waals surface area contributed by atoms with Gasteiger partial charge >= 0.3 is 0 Å². The summed E-state index contributed by atoms with van der Waals surface area (Å²) in [6.07, 6.45) is 0. The van der Waals surface area contributed by atoms with E-state index in [0.717, 1.165) is 16.8 Å². The van der Waals surface area contributed by atoms with Gasteiger partial charge in [0.2, 0.25) is 0 Å². The van der Waals surface area contributed by atoms with Crippen molar-refractivity contribution >= 4 is 28.6 Å². The first-order chi connectivity index (χ1) is 14.6. The number of hydrogen-bond acceptors (Lipinski definition) is 4. The second kappa shape index (κ2) is 7.01. The Hall–Kier alpha value is -4.18. The van der Waals surface area contributed by atoms with E-state index in [0.29, 0.717) is 28.1 Å². The molecule has 0 amide bonds. The van der Waals surface area contributed by atoms with Gasteiger partial charge in [0, 0.05) is 22.5 Å². The summed E-state index contributed by atoms with van der Waals surface area (Å²) in [6, 6.07) is 28.3. The Labute approximate surface area is 174 Å². The zero-order chi connectivity index (χ0) is 20.7. The lowest BCUT2D eigenvalue weighted by atomic mass is 9.82. The molecular formula is C26H18N2O2. The Bertz CT molecular complexity index is 1290. The Morgan fingerprint density at radius 3 is 1.80 bits per heavy atom. The van der Waals surface area contributed by atoms with Crippen LogP contribution in [-0.2, 0) is 0 Å². The van der Waals surface area contributed by atoms with Crippen molar-refractivity contribution in [2.45, 2.75) is 0 Å². The molecule has 4 heteroatoms. The van der Waals surface area contributed by atoms with Crippen molar-refractivity contribution < 1.29 is 9.59 Å². The van der Waals surface area contributed by atoms with Crippen LogP contribution in [-0.4, -0.2) is 11.6 Å². The summed E-state index contributed by atoms with van der Waals surface area (Å²) in [5.41, 5.74) is 11.4. The monoisotopic (exact) mass is 390 g/mol. The van der Waals surface area contributed by atoms with Crippen molar-refractivity contribution in [2.75, 3.05) is 11.1 Å². The van der Waals surface area contributed by atoms with Crippen LogP contribution in [0, 0.1) is 0 Å². The predicted molar refractivity (Wildman–Crippen MR) is 119 cm³/mol. The van der Waals surface area contributed by atoms with Gasteiger partial charge in [0.1, 0.15) is 0 Å². The van der Waals surface area contributed by atoms with Crippen LogP contribution in [0.1, 0.15) is 31.8 Å². The third-order valence-corrected chi connectivity index (χ3v) is 5.38. The SMILES string of the molecule is Nc1ccc(Nc2ccc(-c3ccccc3)cc2)c2c1C(=O)c1ccccc1C2=O. The molecule has 4 nitrogen and oxygen atoms in total. The fraction of sp³-hybridized carbons (Fsp3) is 0. The molecule has 1 aliphatic carbocycles. The van der Waals surface area contributed by atoms with E-state index in [-0.39, 0.29) is 17.1 Å². The third-order valence-electron chi connectivity index (χ3n) is 5.38. The van der Waals surface area contributed by atoms with E-state index in [1.54, 1.807) is 36.4 Å². The smallest absolute Gasteiger partial charge is 0.196 e.